The molecule has 6 atom stereocenters. The van der Waals surface area contributed by atoms with Crippen LogP contribution >= 0.6 is 0 Å². The Labute approximate surface area is 212 Å². The molecule has 0 aliphatic heterocycles. The van der Waals surface area contributed by atoms with E-state index in [1.165, 1.54) is 0 Å². The first-order valence-electron chi connectivity index (χ1n) is 13.0. The van der Waals surface area contributed by atoms with Gasteiger partial charge in [-0.25, -0.2) is 0 Å². The van der Waals surface area contributed by atoms with Gasteiger partial charge in [0, 0.05) is 12.8 Å². The summed E-state index contributed by atoms with van der Waals surface area (Å²) < 4.78 is 39.2. The van der Waals surface area contributed by atoms with E-state index in [0.717, 1.165) is 12.8 Å². The molecular formula is C26H50O9. The molecule has 0 N–H and O–H groups in total. The molecular weight excluding hydrogens is 456 g/mol. The van der Waals surface area contributed by atoms with Crippen LogP contribution in [0.4, 0.5) is 0 Å². The largest absolute Gasteiger partial charge is 0.463 e. The van der Waals surface area contributed by atoms with Crippen LogP contribution < -0.4 is 0 Å². The Morgan fingerprint density at radius 3 is 1.17 bits per heavy atom. The van der Waals surface area contributed by atoms with E-state index in [9.17, 15) is 9.59 Å². The van der Waals surface area contributed by atoms with Gasteiger partial charge in [0.05, 0.1) is 63.6 Å². The number of carbonyl (C=O) groups is 2. The lowest BCUT2D eigenvalue weighted by Crippen LogP contribution is -2.30. The van der Waals surface area contributed by atoms with Crippen molar-refractivity contribution in [1.82, 2.24) is 0 Å². The number of ether oxygens (including phenoxy) is 7. The summed E-state index contributed by atoms with van der Waals surface area (Å²) in [4.78, 5) is 22.9. The van der Waals surface area contributed by atoms with Crippen molar-refractivity contribution >= 4 is 11.9 Å². The van der Waals surface area contributed by atoms with Gasteiger partial charge in [-0.2, -0.15) is 0 Å². The van der Waals surface area contributed by atoms with E-state index in [-0.39, 0.29) is 55.2 Å². The van der Waals surface area contributed by atoms with E-state index < -0.39 is 0 Å². The van der Waals surface area contributed by atoms with Gasteiger partial charge in [-0.05, 0) is 54.4 Å². The third kappa shape index (κ3) is 20.6. The zero-order valence-electron chi connectivity index (χ0n) is 23.2. The standard InChI is InChI=1S/C26H50O9/c1-9-11-25(27)34-17-23(7)32-15-21(5)30-13-19(3)29-14-20(4)31-16-22(6)33-18-24(8)35-26(28)12-10-2/h19-24H,9-18H2,1-8H3. The molecule has 0 heterocycles. The first-order valence-corrected chi connectivity index (χ1v) is 13.0. The van der Waals surface area contributed by atoms with Crippen LogP contribution in [0.25, 0.3) is 0 Å². The van der Waals surface area contributed by atoms with Gasteiger partial charge in [-0.15, -0.1) is 0 Å². The van der Waals surface area contributed by atoms with Crippen molar-refractivity contribution in [2.45, 2.75) is 118 Å². The van der Waals surface area contributed by atoms with Gasteiger partial charge in [0.25, 0.3) is 0 Å². The van der Waals surface area contributed by atoms with Gasteiger partial charge >= 0.3 is 11.9 Å². The van der Waals surface area contributed by atoms with Gasteiger partial charge < -0.3 is 33.2 Å². The zero-order chi connectivity index (χ0) is 26.6. The molecule has 0 aliphatic rings. The Bertz CT molecular complexity index is 543. The lowest BCUT2D eigenvalue weighted by molar-refractivity contribution is -0.153. The number of esters is 2. The second kappa shape index (κ2) is 20.9. The van der Waals surface area contributed by atoms with Gasteiger partial charge in [-0.3, -0.25) is 9.59 Å². The minimum absolute atomic E-state index is 0.0942. The van der Waals surface area contributed by atoms with Gasteiger partial charge in [0.15, 0.2) is 0 Å². The zero-order valence-corrected chi connectivity index (χ0v) is 23.2. The Morgan fingerprint density at radius 2 is 0.800 bits per heavy atom. The minimum atomic E-state index is -0.280. The molecule has 0 radical (unpaired) electrons. The Morgan fingerprint density at radius 1 is 0.486 bits per heavy atom. The van der Waals surface area contributed by atoms with Crippen molar-refractivity contribution in [3.8, 4) is 0 Å². The van der Waals surface area contributed by atoms with E-state index in [1.807, 2.05) is 55.4 Å². The van der Waals surface area contributed by atoms with Crippen LogP contribution in [0.15, 0.2) is 0 Å². The molecule has 0 aromatic carbocycles. The van der Waals surface area contributed by atoms with Crippen molar-refractivity contribution in [1.29, 1.82) is 0 Å². The fourth-order valence-electron chi connectivity index (χ4n) is 2.75. The molecule has 0 spiro atoms. The fourth-order valence-corrected chi connectivity index (χ4v) is 2.75. The van der Waals surface area contributed by atoms with Gasteiger partial charge in [-0.1, -0.05) is 13.8 Å². The Balaban J connectivity index is 3.87. The summed E-state index contributed by atoms with van der Waals surface area (Å²) in [5, 5.41) is 0. The molecule has 0 aromatic heterocycles. The average Bonchev–Trinajstić information content (AvgIpc) is 2.81. The molecule has 0 amide bonds. The van der Waals surface area contributed by atoms with E-state index >= 15 is 0 Å². The molecule has 0 aromatic rings. The Hall–Kier alpha value is -1.26. The lowest BCUT2D eigenvalue weighted by Gasteiger charge is -2.22. The second-order valence-corrected chi connectivity index (χ2v) is 9.20. The van der Waals surface area contributed by atoms with E-state index in [0.29, 0.717) is 45.9 Å². The average molecular weight is 507 g/mol. The monoisotopic (exact) mass is 506 g/mol. The van der Waals surface area contributed by atoms with Crippen molar-refractivity contribution in [3.63, 3.8) is 0 Å². The number of carbonyl (C=O) groups excluding carboxylic acids is 2. The summed E-state index contributed by atoms with van der Waals surface area (Å²) in [5.41, 5.74) is 0. The fraction of sp³-hybridized carbons (Fsp3) is 0.923. The summed E-state index contributed by atoms with van der Waals surface area (Å²) in [6.07, 6.45) is 1.52. The topological polar surface area (TPSA) is 98.8 Å². The van der Waals surface area contributed by atoms with Crippen LogP contribution in [0.1, 0.15) is 81.1 Å². The maximum Gasteiger partial charge on any atom is 0.306 e. The second-order valence-electron chi connectivity index (χ2n) is 9.20. The van der Waals surface area contributed by atoms with Gasteiger partial charge in [0.2, 0.25) is 0 Å². The highest BCUT2D eigenvalue weighted by atomic mass is 16.6. The first-order chi connectivity index (χ1) is 16.6. The van der Waals surface area contributed by atoms with E-state index in [4.69, 9.17) is 33.2 Å². The quantitative estimate of drug-likeness (QED) is 0.201. The highest BCUT2D eigenvalue weighted by Gasteiger charge is 2.15. The maximum atomic E-state index is 11.5. The highest BCUT2D eigenvalue weighted by Crippen LogP contribution is 2.05. The maximum absolute atomic E-state index is 11.5. The van der Waals surface area contributed by atoms with Crippen LogP contribution in [0.2, 0.25) is 0 Å². The van der Waals surface area contributed by atoms with Crippen LogP contribution in [0.5, 0.6) is 0 Å². The summed E-state index contributed by atoms with van der Waals surface area (Å²) in [6, 6.07) is 0. The molecule has 0 rings (SSSR count). The molecule has 9 nitrogen and oxygen atoms in total. The summed E-state index contributed by atoms with van der Waals surface area (Å²) in [7, 11) is 0. The van der Waals surface area contributed by atoms with Crippen molar-refractivity contribution in [2.75, 3.05) is 39.6 Å². The van der Waals surface area contributed by atoms with Crippen LogP contribution in [-0.2, 0) is 42.7 Å². The summed E-state index contributed by atoms with van der Waals surface area (Å²) in [6.45, 7) is 17.6. The van der Waals surface area contributed by atoms with Crippen molar-refractivity contribution in [3.05, 3.63) is 0 Å². The number of hydrogen-bond acceptors (Lipinski definition) is 9. The third-order valence-electron chi connectivity index (χ3n) is 4.80. The number of rotatable bonds is 22. The molecule has 0 fully saturated rings. The molecule has 35 heavy (non-hydrogen) atoms. The molecule has 0 saturated heterocycles. The summed E-state index contributed by atoms with van der Waals surface area (Å²) >= 11 is 0. The Kier molecular flexibility index (Phi) is 20.1. The first kappa shape index (κ1) is 33.7. The van der Waals surface area contributed by atoms with E-state index in [2.05, 4.69) is 0 Å². The normalized spacial score (nSPS) is 16.7. The van der Waals surface area contributed by atoms with E-state index in [1.54, 1.807) is 0 Å². The summed E-state index contributed by atoms with van der Waals surface area (Å²) in [5.74, 6) is -0.393. The van der Waals surface area contributed by atoms with Crippen molar-refractivity contribution in [2.24, 2.45) is 0 Å². The van der Waals surface area contributed by atoms with Crippen LogP contribution in [-0.4, -0.2) is 88.2 Å². The predicted molar refractivity (Wildman–Crippen MR) is 133 cm³/mol. The van der Waals surface area contributed by atoms with Crippen LogP contribution in [0, 0.1) is 0 Å². The molecule has 6 unspecified atom stereocenters. The smallest absolute Gasteiger partial charge is 0.306 e. The lowest BCUT2D eigenvalue weighted by atomic mass is 10.3. The van der Waals surface area contributed by atoms with Crippen molar-refractivity contribution < 1.29 is 42.7 Å². The molecule has 0 saturated carbocycles. The highest BCUT2D eigenvalue weighted by molar-refractivity contribution is 5.69. The molecule has 9 heteroatoms. The number of hydrogen-bond donors (Lipinski definition) is 0. The van der Waals surface area contributed by atoms with Crippen LogP contribution in [0.3, 0.4) is 0 Å². The minimum Gasteiger partial charge on any atom is -0.463 e. The molecule has 0 aliphatic carbocycles. The molecule has 208 valence electrons. The molecule has 0 bridgehead atoms. The SMILES string of the molecule is CCCC(=O)OCC(C)OCC(C)OCC(C)OCC(C)OCC(C)OCC(C)OC(=O)CCC. The van der Waals surface area contributed by atoms with Gasteiger partial charge in [0.1, 0.15) is 12.7 Å². The predicted octanol–water partition coefficient (Wildman–Crippen LogP) is 4.09. The third-order valence-corrected chi connectivity index (χ3v) is 4.80.